The van der Waals surface area contributed by atoms with Gasteiger partial charge in [-0.2, -0.15) is 0 Å². The van der Waals surface area contributed by atoms with Gasteiger partial charge in [-0.15, -0.1) is 0 Å². The van der Waals surface area contributed by atoms with Crippen molar-refractivity contribution < 1.29 is 9.90 Å². The Hall–Kier alpha value is -1.31. The molecule has 1 unspecified atom stereocenters. The summed E-state index contributed by atoms with van der Waals surface area (Å²) in [5, 5.41) is 9.05. The molecule has 2 heteroatoms. The second-order valence-electron chi connectivity index (χ2n) is 7.03. The first-order valence-electron chi connectivity index (χ1n) is 10.0. The van der Waals surface area contributed by atoms with Gasteiger partial charge in [0.05, 0.1) is 5.56 Å². The van der Waals surface area contributed by atoms with Gasteiger partial charge in [0.2, 0.25) is 0 Å². The molecule has 0 radical (unpaired) electrons. The zero-order valence-corrected chi connectivity index (χ0v) is 15.7. The van der Waals surface area contributed by atoms with Gasteiger partial charge < -0.3 is 5.11 Å². The standard InChI is InChI=1S/C22H36O2/c1-3-5-7-8-9-10-12-14-19(13-11-6-4-2)20-15-17-21(18-16-20)22(23)24/h15-19H,3-14H2,1-2H3,(H,23,24). The quantitative estimate of drug-likeness (QED) is 0.366. The van der Waals surface area contributed by atoms with Crippen LogP contribution in [0.25, 0.3) is 0 Å². The molecule has 0 bridgehead atoms. The number of unbranched alkanes of at least 4 members (excludes halogenated alkanes) is 8. The maximum Gasteiger partial charge on any atom is 0.335 e. The van der Waals surface area contributed by atoms with Gasteiger partial charge in [0.25, 0.3) is 0 Å². The highest BCUT2D eigenvalue weighted by molar-refractivity contribution is 5.87. The summed E-state index contributed by atoms with van der Waals surface area (Å²) < 4.78 is 0. The molecular formula is C22H36O2. The van der Waals surface area contributed by atoms with E-state index in [4.69, 9.17) is 5.11 Å². The summed E-state index contributed by atoms with van der Waals surface area (Å²) in [6.45, 7) is 4.50. The molecule has 24 heavy (non-hydrogen) atoms. The van der Waals surface area contributed by atoms with E-state index in [1.807, 2.05) is 12.1 Å². The van der Waals surface area contributed by atoms with Crippen molar-refractivity contribution in [1.82, 2.24) is 0 Å². The van der Waals surface area contributed by atoms with Crippen LogP contribution in [0.5, 0.6) is 0 Å². The Labute approximate surface area is 148 Å². The van der Waals surface area contributed by atoms with Gasteiger partial charge in [-0.05, 0) is 36.5 Å². The highest BCUT2D eigenvalue weighted by atomic mass is 16.4. The molecule has 1 aromatic rings. The first kappa shape index (κ1) is 20.7. The summed E-state index contributed by atoms with van der Waals surface area (Å²) in [6, 6.07) is 7.58. The summed E-state index contributed by atoms with van der Waals surface area (Å²) in [7, 11) is 0. The lowest BCUT2D eigenvalue weighted by Crippen LogP contribution is -2.02. The van der Waals surface area contributed by atoms with Crippen LogP contribution in [-0.2, 0) is 0 Å². The molecular weight excluding hydrogens is 296 g/mol. The lowest BCUT2D eigenvalue weighted by Gasteiger charge is -2.17. The van der Waals surface area contributed by atoms with E-state index in [9.17, 15) is 4.79 Å². The van der Waals surface area contributed by atoms with Gasteiger partial charge in [0.15, 0.2) is 0 Å². The minimum Gasteiger partial charge on any atom is -0.478 e. The van der Waals surface area contributed by atoms with Crippen LogP contribution < -0.4 is 0 Å². The molecule has 2 nitrogen and oxygen atoms in total. The van der Waals surface area contributed by atoms with Crippen molar-refractivity contribution in [1.29, 1.82) is 0 Å². The molecule has 136 valence electrons. The molecule has 1 N–H and O–H groups in total. The fourth-order valence-electron chi connectivity index (χ4n) is 3.36. The second-order valence-corrected chi connectivity index (χ2v) is 7.03. The monoisotopic (exact) mass is 332 g/mol. The fraction of sp³-hybridized carbons (Fsp3) is 0.682. The number of rotatable bonds is 14. The smallest absolute Gasteiger partial charge is 0.335 e. The van der Waals surface area contributed by atoms with Gasteiger partial charge in [-0.3, -0.25) is 0 Å². The summed E-state index contributed by atoms with van der Waals surface area (Å²) in [5.74, 6) is -0.244. The lowest BCUT2D eigenvalue weighted by molar-refractivity contribution is 0.0697. The molecule has 1 aromatic carbocycles. The Kier molecular flexibility index (Phi) is 11.3. The van der Waals surface area contributed by atoms with Crippen molar-refractivity contribution >= 4 is 5.97 Å². The number of hydrogen-bond donors (Lipinski definition) is 1. The predicted molar refractivity (Wildman–Crippen MR) is 103 cm³/mol. The van der Waals surface area contributed by atoms with Crippen LogP contribution in [0, 0.1) is 0 Å². The normalized spacial score (nSPS) is 12.2. The number of hydrogen-bond acceptors (Lipinski definition) is 1. The molecule has 0 aliphatic carbocycles. The van der Waals surface area contributed by atoms with Gasteiger partial charge >= 0.3 is 5.97 Å². The number of carbonyl (C=O) groups is 1. The lowest BCUT2D eigenvalue weighted by atomic mass is 9.88. The topological polar surface area (TPSA) is 37.3 Å². The average molecular weight is 333 g/mol. The average Bonchev–Trinajstić information content (AvgIpc) is 2.59. The van der Waals surface area contributed by atoms with Crippen LogP contribution in [0.1, 0.15) is 113 Å². The van der Waals surface area contributed by atoms with Gasteiger partial charge in [-0.25, -0.2) is 4.79 Å². The molecule has 1 atom stereocenters. The predicted octanol–water partition coefficient (Wildman–Crippen LogP) is 7.19. The molecule has 0 aliphatic heterocycles. The molecule has 1 rings (SSSR count). The third kappa shape index (κ3) is 8.52. The van der Waals surface area contributed by atoms with Gasteiger partial charge in [0, 0.05) is 0 Å². The van der Waals surface area contributed by atoms with Crippen molar-refractivity contribution in [2.24, 2.45) is 0 Å². The summed E-state index contributed by atoms with van der Waals surface area (Å²) in [5.41, 5.74) is 1.71. The van der Waals surface area contributed by atoms with Crippen molar-refractivity contribution in [3.8, 4) is 0 Å². The molecule has 0 saturated carbocycles. The van der Waals surface area contributed by atoms with E-state index >= 15 is 0 Å². The zero-order valence-electron chi connectivity index (χ0n) is 15.7. The Bertz CT molecular complexity index is 436. The zero-order chi connectivity index (χ0) is 17.6. The van der Waals surface area contributed by atoms with E-state index in [2.05, 4.69) is 13.8 Å². The highest BCUT2D eigenvalue weighted by Crippen LogP contribution is 2.28. The number of benzene rings is 1. The minimum absolute atomic E-state index is 0.391. The third-order valence-electron chi connectivity index (χ3n) is 4.94. The van der Waals surface area contributed by atoms with Crippen LogP contribution >= 0.6 is 0 Å². The molecule has 0 saturated heterocycles. The second kappa shape index (κ2) is 13.0. The number of carboxylic acid groups (broad SMARTS) is 1. The minimum atomic E-state index is -0.837. The SMILES string of the molecule is CCCCCCCCCC(CCCCC)c1ccc(C(=O)O)cc1. The van der Waals surface area contributed by atoms with Crippen LogP contribution in [0.4, 0.5) is 0 Å². The molecule has 0 aliphatic rings. The van der Waals surface area contributed by atoms with E-state index in [1.54, 1.807) is 12.1 Å². The van der Waals surface area contributed by atoms with E-state index < -0.39 is 5.97 Å². The Morgan fingerprint density at radius 3 is 1.79 bits per heavy atom. The molecule has 0 aromatic heterocycles. The maximum absolute atomic E-state index is 11.0. The van der Waals surface area contributed by atoms with Crippen LogP contribution in [-0.4, -0.2) is 11.1 Å². The summed E-state index contributed by atoms with van der Waals surface area (Å²) in [6.07, 6.45) is 15.7. The molecule has 0 heterocycles. The largest absolute Gasteiger partial charge is 0.478 e. The van der Waals surface area contributed by atoms with E-state index in [-0.39, 0.29) is 0 Å². The van der Waals surface area contributed by atoms with Crippen LogP contribution in [0.3, 0.4) is 0 Å². The number of aromatic carboxylic acids is 1. The van der Waals surface area contributed by atoms with Crippen LogP contribution in [0.15, 0.2) is 24.3 Å². The van der Waals surface area contributed by atoms with E-state index in [0.29, 0.717) is 11.5 Å². The molecule has 0 fully saturated rings. The third-order valence-corrected chi connectivity index (χ3v) is 4.94. The fourth-order valence-corrected chi connectivity index (χ4v) is 3.36. The van der Waals surface area contributed by atoms with Crippen molar-refractivity contribution in [3.63, 3.8) is 0 Å². The van der Waals surface area contributed by atoms with E-state index in [0.717, 1.165) is 0 Å². The van der Waals surface area contributed by atoms with E-state index in [1.165, 1.54) is 82.6 Å². The van der Waals surface area contributed by atoms with Crippen LogP contribution in [0.2, 0.25) is 0 Å². The van der Waals surface area contributed by atoms with Gasteiger partial charge in [-0.1, -0.05) is 90.2 Å². The first-order chi connectivity index (χ1) is 11.7. The number of carboxylic acids is 1. The summed E-state index contributed by atoms with van der Waals surface area (Å²) in [4.78, 5) is 11.0. The maximum atomic E-state index is 11.0. The molecule has 0 spiro atoms. The Morgan fingerprint density at radius 2 is 1.25 bits per heavy atom. The van der Waals surface area contributed by atoms with Crippen molar-refractivity contribution in [3.05, 3.63) is 35.4 Å². The Morgan fingerprint density at radius 1 is 0.792 bits per heavy atom. The van der Waals surface area contributed by atoms with Gasteiger partial charge in [0.1, 0.15) is 0 Å². The first-order valence-corrected chi connectivity index (χ1v) is 10.0. The highest BCUT2D eigenvalue weighted by Gasteiger charge is 2.12. The van der Waals surface area contributed by atoms with Crippen molar-refractivity contribution in [2.75, 3.05) is 0 Å². The summed E-state index contributed by atoms with van der Waals surface area (Å²) >= 11 is 0. The Balaban J connectivity index is 2.46. The molecule has 0 amide bonds. The van der Waals surface area contributed by atoms with Crippen molar-refractivity contribution in [2.45, 2.75) is 96.8 Å².